The first-order chi connectivity index (χ1) is 11.5. The zero-order valence-electron chi connectivity index (χ0n) is 13.4. The van der Waals surface area contributed by atoms with Crippen LogP contribution >= 0.6 is 0 Å². The highest BCUT2D eigenvalue weighted by Gasteiger charge is 2.63. The molecule has 1 aliphatic rings. The van der Waals surface area contributed by atoms with Crippen LogP contribution in [0, 0.1) is 16.0 Å². The molecular formula is C15H16F3N3O4. The number of nitro groups is 1. The molecule has 1 aromatic rings. The summed E-state index contributed by atoms with van der Waals surface area (Å²) in [6.45, 7) is 3.53. The molecule has 0 bridgehead atoms. The number of nitro benzene ring substituents is 1. The fraction of sp³-hybridized carbons (Fsp3) is 0.467. The van der Waals surface area contributed by atoms with Crippen molar-refractivity contribution >= 4 is 17.3 Å². The van der Waals surface area contributed by atoms with Crippen LogP contribution in [0.5, 0.6) is 0 Å². The maximum Gasteiger partial charge on any atom is 0.438 e. The number of hydrazone groups is 1. The van der Waals surface area contributed by atoms with Crippen LogP contribution in [0.2, 0.25) is 0 Å². The van der Waals surface area contributed by atoms with E-state index in [1.807, 2.05) is 0 Å². The van der Waals surface area contributed by atoms with Crippen molar-refractivity contribution in [2.45, 2.75) is 38.6 Å². The maximum atomic E-state index is 13.4. The second-order valence-electron chi connectivity index (χ2n) is 6.18. The SMILES string of the molecule is CC(C)CC1=NN(C(=O)c2cccc([N+](=O)[O-])c2)[C@](O)(C(F)(F)F)C1. The molecule has 25 heavy (non-hydrogen) atoms. The lowest BCUT2D eigenvalue weighted by Crippen LogP contribution is -2.56. The van der Waals surface area contributed by atoms with Crippen molar-refractivity contribution in [3.63, 3.8) is 0 Å². The Labute approximate surface area is 140 Å². The molecule has 0 aromatic heterocycles. The number of benzene rings is 1. The molecule has 0 aliphatic carbocycles. The van der Waals surface area contributed by atoms with Crippen LogP contribution < -0.4 is 0 Å². The van der Waals surface area contributed by atoms with Gasteiger partial charge in [0, 0.05) is 29.8 Å². The number of hydrogen-bond acceptors (Lipinski definition) is 5. The van der Waals surface area contributed by atoms with E-state index >= 15 is 0 Å². The van der Waals surface area contributed by atoms with Crippen molar-refractivity contribution in [3.8, 4) is 0 Å². The van der Waals surface area contributed by atoms with E-state index in [1.54, 1.807) is 13.8 Å². The van der Waals surface area contributed by atoms with Gasteiger partial charge in [0.05, 0.1) is 4.92 Å². The zero-order chi connectivity index (χ0) is 19.0. The van der Waals surface area contributed by atoms with Crippen LogP contribution in [0.4, 0.5) is 18.9 Å². The first-order valence-corrected chi connectivity index (χ1v) is 7.40. The van der Waals surface area contributed by atoms with Crippen molar-refractivity contribution in [2.75, 3.05) is 0 Å². The van der Waals surface area contributed by atoms with Crippen LogP contribution in [0.1, 0.15) is 37.0 Å². The number of carbonyl (C=O) groups excluding carboxylic acids is 1. The summed E-state index contributed by atoms with van der Waals surface area (Å²) in [5, 5.41) is 24.5. The van der Waals surface area contributed by atoms with E-state index < -0.39 is 34.8 Å². The quantitative estimate of drug-likeness (QED) is 0.660. The second kappa shape index (κ2) is 6.43. The zero-order valence-corrected chi connectivity index (χ0v) is 13.4. The Morgan fingerprint density at radius 1 is 1.48 bits per heavy atom. The van der Waals surface area contributed by atoms with Gasteiger partial charge in [-0.2, -0.15) is 23.3 Å². The van der Waals surface area contributed by atoms with E-state index in [0.717, 1.165) is 18.2 Å². The highest BCUT2D eigenvalue weighted by Crippen LogP contribution is 2.41. The van der Waals surface area contributed by atoms with Gasteiger partial charge in [-0.25, -0.2) is 0 Å². The number of nitrogens with zero attached hydrogens (tertiary/aromatic N) is 3. The first kappa shape index (κ1) is 18.8. The summed E-state index contributed by atoms with van der Waals surface area (Å²) in [6, 6.07) is 4.24. The molecule has 0 fully saturated rings. The molecule has 1 aliphatic heterocycles. The molecule has 1 N–H and O–H groups in total. The molecule has 7 nitrogen and oxygen atoms in total. The largest absolute Gasteiger partial charge is 0.438 e. The fourth-order valence-corrected chi connectivity index (χ4v) is 2.51. The Bertz CT molecular complexity index is 733. The fourth-order valence-electron chi connectivity index (χ4n) is 2.51. The summed E-state index contributed by atoms with van der Waals surface area (Å²) in [5.74, 6) is -1.29. The highest BCUT2D eigenvalue weighted by molar-refractivity contribution is 5.98. The lowest BCUT2D eigenvalue weighted by atomic mass is 9.99. The molecule has 1 heterocycles. The van der Waals surface area contributed by atoms with Crippen molar-refractivity contribution in [3.05, 3.63) is 39.9 Å². The normalized spacial score (nSPS) is 20.8. The van der Waals surface area contributed by atoms with Gasteiger partial charge in [-0.05, 0) is 18.4 Å². The Morgan fingerprint density at radius 3 is 2.64 bits per heavy atom. The van der Waals surface area contributed by atoms with Crippen molar-refractivity contribution < 1.29 is 28.0 Å². The molecule has 0 unspecified atom stereocenters. The average Bonchev–Trinajstić information content (AvgIpc) is 2.83. The third-order valence-corrected chi connectivity index (χ3v) is 3.64. The molecule has 10 heteroatoms. The smallest absolute Gasteiger partial charge is 0.362 e. The lowest BCUT2D eigenvalue weighted by Gasteiger charge is -2.32. The number of non-ortho nitro benzene ring substituents is 1. The summed E-state index contributed by atoms with van der Waals surface area (Å²) in [4.78, 5) is 22.5. The van der Waals surface area contributed by atoms with Crippen LogP contribution in [-0.4, -0.2) is 38.6 Å². The van der Waals surface area contributed by atoms with Gasteiger partial charge in [0.15, 0.2) is 0 Å². The number of halogens is 3. The van der Waals surface area contributed by atoms with Gasteiger partial charge in [0.1, 0.15) is 0 Å². The maximum absolute atomic E-state index is 13.4. The van der Waals surface area contributed by atoms with E-state index in [4.69, 9.17) is 0 Å². The molecule has 0 radical (unpaired) electrons. The van der Waals surface area contributed by atoms with Crippen LogP contribution in [0.25, 0.3) is 0 Å². The van der Waals surface area contributed by atoms with Gasteiger partial charge in [-0.3, -0.25) is 14.9 Å². The minimum absolute atomic E-state index is 0.0240. The van der Waals surface area contributed by atoms with Crippen molar-refractivity contribution in [1.29, 1.82) is 0 Å². The van der Waals surface area contributed by atoms with Gasteiger partial charge >= 0.3 is 6.18 Å². The summed E-state index contributed by atoms with van der Waals surface area (Å²) in [7, 11) is 0. The summed E-state index contributed by atoms with van der Waals surface area (Å²) in [5.41, 5.74) is -4.26. The summed E-state index contributed by atoms with van der Waals surface area (Å²) >= 11 is 0. The molecule has 0 saturated carbocycles. The minimum Gasteiger partial charge on any atom is -0.362 e. The first-order valence-electron chi connectivity index (χ1n) is 7.40. The monoisotopic (exact) mass is 359 g/mol. The highest BCUT2D eigenvalue weighted by atomic mass is 19.4. The molecule has 0 spiro atoms. The number of amides is 1. The summed E-state index contributed by atoms with van der Waals surface area (Å²) < 4.78 is 40.1. The molecule has 1 aromatic carbocycles. The molecule has 2 rings (SSSR count). The van der Waals surface area contributed by atoms with E-state index in [2.05, 4.69) is 5.10 Å². The Hall–Kier alpha value is -2.49. The third-order valence-electron chi connectivity index (χ3n) is 3.64. The average molecular weight is 359 g/mol. The standard InChI is InChI=1S/C15H16F3N3O4/c1-9(2)6-11-8-14(23,15(16,17)18)20(19-11)13(22)10-4-3-5-12(7-10)21(24)25/h3-5,7,9,23H,6,8H2,1-2H3/t14-/m1/s1. The molecule has 1 atom stereocenters. The van der Waals surface area contributed by atoms with Crippen LogP contribution in [0.3, 0.4) is 0 Å². The predicted molar refractivity (Wildman–Crippen MR) is 81.8 cm³/mol. The van der Waals surface area contributed by atoms with E-state index in [-0.39, 0.29) is 28.6 Å². The Kier molecular flexibility index (Phi) is 4.85. The van der Waals surface area contributed by atoms with E-state index in [9.17, 15) is 33.2 Å². The molecule has 0 saturated heterocycles. The summed E-state index contributed by atoms with van der Waals surface area (Å²) in [6.07, 6.45) is -5.81. The lowest BCUT2D eigenvalue weighted by molar-refractivity contribution is -0.384. The van der Waals surface area contributed by atoms with Gasteiger partial charge in [0.2, 0.25) is 0 Å². The molecule has 1 amide bonds. The van der Waals surface area contributed by atoms with Gasteiger partial charge in [-0.1, -0.05) is 19.9 Å². The minimum atomic E-state index is -5.13. The number of rotatable bonds is 4. The Morgan fingerprint density at radius 2 is 2.12 bits per heavy atom. The number of aliphatic hydroxyl groups is 1. The van der Waals surface area contributed by atoms with Gasteiger partial charge < -0.3 is 5.11 Å². The van der Waals surface area contributed by atoms with Crippen molar-refractivity contribution in [2.24, 2.45) is 11.0 Å². The van der Waals surface area contributed by atoms with Crippen molar-refractivity contribution in [1.82, 2.24) is 5.01 Å². The third kappa shape index (κ3) is 3.63. The predicted octanol–water partition coefficient (Wildman–Crippen LogP) is 3.09. The van der Waals surface area contributed by atoms with Crippen LogP contribution in [-0.2, 0) is 0 Å². The number of hydrogen-bond donors (Lipinski definition) is 1. The topological polar surface area (TPSA) is 96.0 Å². The van der Waals surface area contributed by atoms with Gasteiger partial charge in [-0.15, -0.1) is 0 Å². The van der Waals surface area contributed by atoms with E-state index in [0.29, 0.717) is 0 Å². The second-order valence-corrected chi connectivity index (χ2v) is 6.18. The molecule has 136 valence electrons. The van der Waals surface area contributed by atoms with E-state index in [1.165, 1.54) is 6.07 Å². The molecular weight excluding hydrogens is 343 g/mol. The number of alkyl halides is 3. The number of carbonyl (C=O) groups is 1. The van der Waals surface area contributed by atoms with Crippen LogP contribution in [0.15, 0.2) is 29.4 Å². The van der Waals surface area contributed by atoms with Gasteiger partial charge in [0.25, 0.3) is 17.3 Å². The Balaban J connectivity index is 2.44.